The third-order valence-electron chi connectivity index (χ3n) is 5.42. The SMILES string of the molecule is N#Cc1cc(-c2nc(N)nc(N)c2C#N)ccc1N1CCN(Cc2ccccc2)CC1. The van der Waals surface area contributed by atoms with Crippen LogP contribution in [0.5, 0.6) is 0 Å². The lowest BCUT2D eigenvalue weighted by atomic mass is 10.0. The molecule has 4 N–H and O–H groups in total. The van der Waals surface area contributed by atoms with E-state index in [1.54, 1.807) is 6.07 Å². The first-order valence-electron chi connectivity index (χ1n) is 9.98. The lowest BCUT2D eigenvalue weighted by Gasteiger charge is -2.36. The summed E-state index contributed by atoms with van der Waals surface area (Å²) >= 11 is 0. The summed E-state index contributed by atoms with van der Waals surface area (Å²) in [5.41, 5.74) is 15.3. The van der Waals surface area contributed by atoms with Crippen LogP contribution in [0.3, 0.4) is 0 Å². The van der Waals surface area contributed by atoms with Crippen molar-refractivity contribution in [2.75, 3.05) is 42.5 Å². The molecule has 1 aromatic heterocycles. The molecule has 1 aliphatic rings. The van der Waals surface area contributed by atoms with Gasteiger partial charge in [0.1, 0.15) is 23.5 Å². The number of aromatic nitrogens is 2. The lowest BCUT2D eigenvalue weighted by molar-refractivity contribution is 0.250. The number of anilines is 3. The summed E-state index contributed by atoms with van der Waals surface area (Å²) in [6.07, 6.45) is 0. The molecule has 0 atom stereocenters. The average molecular weight is 410 g/mol. The first kappa shape index (κ1) is 20.1. The molecule has 0 amide bonds. The topological polar surface area (TPSA) is 132 Å². The van der Waals surface area contributed by atoms with Crippen molar-refractivity contribution in [3.63, 3.8) is 0 Å². The van der Waals surface area contributed by atoms with Gasteiger partial charge in [0.25, 0.3) is 0 Å². The van der Waals surface area contributed by atoms with Crippen molar-refractivity contribution in [3.8, 4) is 23.4 Å². The molecule has 0 unspecified atom stereocenters. The molecule has 8 heteroatoms. The van der Waals surface area contributed by atoms with Crippen molar-refractivity contribution in [2.24, 2.45) is 0 Å². The third kappa shape index (κ3) is 4.25. The molecule has 1 aliphatic heterocycles. The van der Waals surface area contributed by atoms with Gasteiger partial charge in [-0.1, -0.05) is 36.4 Å². The molecule has 8 nitrogen and oxygen atoms in total. The van der Waals surface area contributed by atoms with E-state index in [2.05, 4.69) is 50.1 Å². The smallest absolute Gasteiger partial charge is 0.222 e. The summed E-state index contributed by atoms with van der Waals surface area (Å²) < 4.78 is 0. The highest BCUT2D eigenvalue weighted by molar-refractivity contribution is 5.76. The Labute approximate surface area is 181 Å². The predicted molar refractivity (Wildman–Crippen MR) is 120 cm³/mol. The highest BCUT2D eigenvalue weighted by Gasteiger charge is 2.21. The minimum Gasteiger partial charge on any atom is -0.382 e. The quantitative estimate of drug-likeness (QED) is 0.670. The largest absolute Gasteiger partial charge is 0.382 e. The Morgan fingerprint density at radius 1 is 0.903 bits per heavy atom. The van der Waals surface area contributed by atoms with Crippen LogP contribution in [0.1, 0.15) is 16.7 Å². The molecule has 3 aromatic rings. The van der Waals surface area contributed by atoms with Crippen LogP contribution in [0.25, 0.3) is 11.3 Å². The maximum atomic E-state index is 9.77. The van der Waals surface area contributed by atoms with Crippen molar-refractivity contribution in [1.29, 1.82) is 10.5 Å². The zero-order chi connectivity index (χ0) is 21.8. The highest BCUT2D eigenvalue weighted by Crippen LogP contribution is 2.30. The molecule has 0 spiro atoms. The molecule has 1 saturated heterocycles. The van der Waals surface area contributed by atoms with Gasteiger partial charge < -0.3 is 16.4 Å². The number of nitrogens with zero attached hydrogens (tertiary/aromatic N) is 6. The fourth-order valence-electron chi connectivity index (χ4n) is 3.85. The number of hydrogen-bond donors (Lipinski definition) is 2. The summed E-state index contributed by atoms with van der Waals surface area (Å²) in [6.45, 7) is 4.42. The van der Waals surface area contributed by atoms with Gasteiger partial charge in [-0.25, -0.2) is 4.98 Å². The maximum absolute atomic E-state index is 9.77. The Morgan fingerprint density at radius 2 is 1.65 bits per heavy atom. The molecule has 4 rings (SSSR count). The van der Waals surface area contributed by atoms with Crippen LogP contribution in [0.15, 0.2) is 48.5 Å². The second-order valence-electron chi connectivity index (χ2n) is 7.39. The van der Waals surface area contributed by atoms with Crippen LogP contribution in [-0.4, -0.2) is 41.0 Å². The minimum atomic E-state index is -0.0105. The van der Waals surface area contributed by atoms with Gasteiger partial charge in [0.05, 0.1) is 16.9 Å². The minimum absolute atomic E-state index is 0.0105. The van der Waals surface area contributed by atoms with E-state index in [1.165, 1.54) is 5.56 Å². The van der Waals surface area contributed by atoms with Crippen LogP contribution in [-0.2, 0) is 6.54 Å². The average Bonchev–Trinajstić information content (AvgIpc) is 2.79. The van der Waals surface area contributed by atoms with Gasteiger partial charge in [-0.3, -0.25) is 4.90 Å². The van der Waals surface area contributed by atoms with Crippen molar-refractivity contribution in [1.82, 2.24) is 14.9 Å². The van der Waals surface area contributed by atoms with E-state index in [0.717, 1.165) is 38.4 Å². The summed E-state index contributed by atoms with van der Waals surface area (Å²) in [4.78, 5) is 12.7. The monoisotopic (exact) mass is 410 g/mol. The molecule has 2 aromatic carbocycles. The number of nitriles is 2. The zero-order valence-electron chi connectivity index (χ0n) is 17.0. The summed E-state index contributed by atoms with van der Waals surface area (Å²) in [5, 5.41) is 19.2. The van der Waals surface area contributed by atoms with Crippen molar-refractivity contribution < 1.29 is 0 Å². The lowest BCUT2D eigenvalue weighted by Crippen LogP contribution is -2.46. The molecule has 31 heavy (non-hydrogen) atoms. The van der Waals surface area contributed by atoms with Crippen molar-refractivity contribution in [2.45, 2.75) is 6.54 Å². The van der Waals surface area contributed by atoms with Gasteiger partial charge in [0.2, 0.25) is 5.95 Å². The van der Waals surface area contributed by atoms with Crippen LogP contribution >= 0.6 is 0 Å². The summed E-state index contributed by atoms with van der Waals surface area (Å²) in [5.74, 6) is 0.0192. The highest BCUT2D eigenvalue weighted by atomic mass is 15.3. The first-order valence-corrected chi connectivity index (χ1v) is 9.98. The van der Waals surface area contributed by atoms with Gasteiger partial charge in [0.15, 0.2) is 0 Å². The van der Waals surface area contributed by atoms with Gasteiger partial charge in [0, 0.05) is 38.3 Å². The number of piperazine rings is 1. The number of hydrogen-bond acceptors (Lipinski definition) is 8. The van der Waals surface area contributed by atoms with E-state index in [0.29, 0.717) is 16.8 Å². The molecule has 0 bridgehead atoms. The molecule has 2 heterocycles. The molecule has 1 fully saturated rings. The van der Waals surface area contributed by atoms with E-state index in [9.17, 15) is 10.5 Å². The molecular formula is C23H22N8. The van der Waals surface area contributed by atoms with Crippen LogP contribution in [0.4, 0.5) is 17.5 Å². The number of nitrogens with two attached hydrogens (primary N) is 2. The summed E-state index contributed by atoms with van der Waals surface area (Å²) in [6, 6.07) is 20.2. The molecule has 154 valence electrons. The number of rotatable bonds is 4. The van der Waals surface area contributed by atoms with Crippen LogP contribution < -0.4 is 16.4 Å². The van der Waals surface area contributed by atoms with Crippen LogP contribution in [0.2, 0.25) is 0 Å². The van der Waals surface area contributed by atoms with Gasteiger partial charge in [-0.2, -0.15) is 15.5 Å². The zero-order valence-corrected chi connectivity index (χ0v) is 17.0. The first-order chi connectivity index (χ1) is 15.1. The standard InChI is InChI=1S/C23H22N8/c24-13-18-12-17(21-19(14-25)22(26)29-23(27)28-21)6-7-20(18)31-10-8-30(9-11-31)15-16-4-2-1-3-5-16/h1-7,12H,8-11,15H2,(H4,26,27,28,29). The number of benzene rings is 2. The fourth-order valence-corrected chi connectivity index (χ4v) is 3.85. The normalized spacial score (nSPS) is 14.1. The number of nitrogen functional groups attached to an aromatic ring is 2. The van der Waals surface area contributed by atoms with E-state index in [1.807, 2.05) is 24.3 Å². The Hall–Kier alpha value is -4.14. The van der Waals surface area contributed by atoms with E-state index >= 15 is 0 Å². The third-order valence-corrected chi connectivity index (χ3v) is 5.42. The van der Waals surface area contributed by atoms with Gasteiger partial charge in [-0.05, 0) is 17.7 Å². The predicted octanol–water partition coefficient (Wildman–Crippen LogP) is 2.37. The molecular weight excluding hydrogens is 388 g/mol. The van der Waals surface area contributed by atoms with E-state index < -0.39 is 0 Å². The second-order valence-corrected chi connectivity index (χ2v) is 7.39. The summed E-state index contributed by atoms with van der Waals surface area (Å²) in [7, 11) is 0. The fraction of sp³-hybridized carbons (Fsp3) is 0.217. The maximum Gasteiger partial charge on any atom is 0.222 e. The molecule has 0 aliphatic carbocycles. The Balaban J connectivity index is 1.54. The second kappa shape index (κ2) is 8.70. The van der Waals surface area contributed by atoms with E-state index in [-0.39, 0.29) is 17.3 Å². The van der Waals surface area contributed by atoms with Gasteiger partial charge >= 0.3 is 0 Å². The molecule has 0 saturated carbocycles. The van der Waals surface area contributed by atoms with E-state index in [4.69, 9.17) is 11.5 Å². The van der Waals surface area contributed by atoms with Crippen LogP contribution in [0, 0.1) is 22.7 Å². The Bertz CT molecular complexity index is 1170. The van der Waals surface area contributed by atoms with Gasteiger partial charge in [-0.15, -0.1) is 0 Å². The van der Waals surface area contributed by atoms with Crippen molar-refractivity contribution >= 4 is 17.5 Å². The Morgan fingerprint density at radius 3 is 2.32 bits per heavy atom. The van der Waals surface area contributed by atoms with Crippen molar-refractivity contribution in [3.05, 3.63) is 65.2 Å². The Kier molecular flexibility index (Phi) is 5.65. The molecule has 0 radical (unpaired) electrons.